The molecule has 0 radical (unpaired) electrons. The highest BCUT2D eigenvalue weighted by atomic mass is 28.4. The summed E-state index contributed by atoms with van der Waals surface area (Å²) in [5.41, 5.74) is 1.41. The van der Waals surface area contributed by atoms with Crippen LogP contribution in [0.25, 0.3) is 0 Å². The van der Waals surface area contributed by atoms with Crippen molar-refractivity contribution in [2.45, 2.75) is 56.5 Å². The van der Waals surface area contributed by atoms with Gasteiger partial charge in [-0.15, -0.1) is 0 Å². The topological polar surface area (TPSA) is 57.0 Å². The van der Waals surface area contributed by atoms with E-state index in [1.165, 1.54) is 10.4 Å². The number of carbonyl (C=O) groups is 1. The van der Waals surface area contributed by atoms with Gasteiger partial charge < -0.3 is 18.6 Å². The summed E-state index contributed by atoms with van der Waals surface area (Å²) in [5.74, 6) is 1.17. The van der Waals surface area contributed by atoms with Crippen LogP contribution >= 0.6 is 0 Å². The molecule has 4 atom stereocenters. The number of fused-ring (bicyclic) bond motifs is 1. The predicted molar refractivity (Wildman–Crippen MR) is 175 cm³/mol. The number of morpholine rings is 1. The zero-order chi connectivity index (χ0) is 31.0. The summed E-state index contributed by atoms with van der Waals surface area (Å²) in [6, 6.07) is 37.2. The number of hydrogen-bond donors (Lipinski definition) is 0. The third-order valence-electron chi connectivity index (χ3n) is 9.23. The minimum atomic E-state index is -2.81. The quantitative estimate of drug-likeness (QED) is 0.130. The molecule has 2 saturated heterocycles. The summed E-state index contributed by atoms with van der Waals surface area (Å²) in [6.45, 7) is 7.70. The van der Waals surface area contributed by atoms with Crippen molar-refractivity contribution in [3.05, 3.63) is 120 Å². The maximum Gasteiger partial charge on any atom is 0.329 e. The van der Waals surface area contributed by atoms with Crippen molar-refractivity contribution in [2.75, 3.05) is 20.8 Å². The summed E-state index contributed by atoms with van der Waals surface area (Å²) >= 11 is 0. The third kappa shape index (κ3) is 5.13. The molecule has 6 rings (SSSR count). The zero-order valence-electron chi connectivity index (χ0n) is 26.2. The summed E-state index contributed by atoms with van der Waals surface area (Å²) in [5, 5.41) is 2.23. The van der Waals surface area contributed by atoms with Gasteiger partial charge in [0, 0.05) is 13.0 Å². The van der Waals surface area contributed by atoms with Crippen LogP contribution in [0.5, 0.6) is 11.5 Å². The minimum Gasteiger partial charge on any atom is -0.493 e. The molecule has 0 N–H and O–H groups in total. The van der Waals surface area contributed by atoms with Gasteiger partial charge in [0.1, 0.15) is 11.6 Å². The van der Waals surface area contributed by atoms with Crippen molar-refractivity contribution in [2.24, 2.45) is 0 Å². The minimum absolute atomic E-state index is 0.110. The smallest absolute Gasteiger partial charge is 0.329 e. The number of hydrogen-bond acceptors (Lipinski definition) is 6. The first-order valence-electron chi connectivity index (χ1n) is 15.2. The number of nitrogens with zero attached hydrogens (tertiary/aromatic N) is 1. The Morgan fingerprint density at radius 2 is 1.34 bits per heavy atom. The Hall–Kier alpha value is -3.91. The fourth-order valence-corrected chi connectivity index (χ4v) is 11.7. The second kappa shape index (κ2) is 11.9. The molecule has 44 heavy (non-hydrogen) atoms. The molecule has 0 saturated carbocycles. The van der Waals surface area contributed by atoms with Gasteiger partial charge in [0.15, 0.2) is 11.5 Å². The number of ether oxygens (including phenoxy) is 3. The predicted octanol–water partition coefficient (Wildman–Crippen LogP) is 5.37. The van der Waals surface area contributed by atoms with E-state index in [9.17, 15) is 4.79 Å². The largest absolute Gasteiger partial charge is 0.493 e. The van der Waals surface area contributed by atoms with Crippen LogP contribution in [0.1, 0.15) is 31.9 Å². The van der Waals surface area contributed by atoms with Crippen molar-refractivity contribution < 1.29 is 23.4 Å². The lowest BCUT2D eigenvalue weighted by atomic mass is 9.95. The van der Waals surface area contributed by atoms with Crippen molar-refractivity contribution in [1.29, 1.82) is 0 Å². The van der Waals surface area contributed by atoms with E-state index < -0.39 is 20.0 Å². The molecule has 7 heteroatoms. The highest BCUT2D eigenvalue weighted by Gasteiger charge is 2.76. The molecule has 2 aliphatic heterocycles. The molecular weight excluding hydrogens is 566 g/mol. The monoisotopic (exact) mass is 607 g/mol. The molecule has 2 heterocycles. The van der Waals surface area contributed by atoms with E-state index in [4.69, 9.17) is 18.6 Å². The van der Waals surface area contributed by atoms with E-state index in [1.807, 2.05) is 48.5 Å². The Balaban J connectivity index is 1.34. The van der Waals surface area contributed by atoms with Crippen molar-refractivity contribution >= 4 is 24.7 Å². The SMILES string of the molecule is COc1ccc(CN2[C@@H]3[C@@H](CO[Si](c4ccccc4)(c4ccccc4)C(C)(C)C)OC(=O)[C@@]32Cc2ccccc2)cc1OC. The Kier molecular flexibility index (Phi) is 8.13. The highest BCUT2D eigenvalue weighted by molar-refractivity contribution is 6.99. The van der Waals surface area contributed by atoms with Crippen LogP contribution in [0.4, 0.5) is 0 Å². The van der Waals surface area contributed by atoms with Crippen LogP contribution in [-0.2, 0) is 26.9 Å². The third-order valence-corrected chi connectivity index (χ3v) is 14.2. The Morgan fingerprint density at radius 3 is 1.89 bits per heavy atom. The number of rotatable bonds is 11. The fraction of sp³-hybridized carbons (Fsp3) is 0.324. The number of methoxy groups -OCH3 is 2. The van der Waals surface area contributed by atoms with Crippen LogP contribution in [0.2, 0.25) is 5.04 Å². The number of esters is 1. The summed E-state index contributed by atoms with van der Waals surface area (Å²) in [7, 11) is 0.464. The van der Waals surface area contributed by atoms with Crippen molar-refractivity contribution in [3.63, 3.8) is 0 Å². The molecule has 0 amide bonds. The van der Waals surface area contributed by atoms with Gasteiger partial charge in [0.05, 0.1) is 26.9 Å². The van der Waals surface area contributed by atoms with E-state index in [0.29, 0.717) is 31.1 Å². The fourth-order valence-electron chi connectivity index (χ4n) is 7.16. The number of carbonyl (C=O) groups excluding carboxylic acids is 1. The first kappa shape index (κ1) is 30.1. The maximum atomic E-state index is 13.9. The van der Waals surface area contributed by atoms with Gasteiger partial charge in [-0.1, -0.05) is 118 Å². The van der Waals surface area contributed by atoms with Gasteiger partial charge in [-0.3, -0.25) is 4.90 Å². The highest BCUT2D eigenvalue weighted by Crippen LogP contribution is 2.54. The molecule has 4 aromatic rings. The molecule has 2 fully saturated rings. The standard InChI is InChI=1S/C37H41NO5Si/c1-36(2,3)44(29-17-11-7-12-18-29,30-19-13-8-14-20-30)42-26-33-34-37(35(39)43-33,24-27-15-9-6-10-16-27)38(34)25-28-21-22-31(40-4)32(23-28)41-5/h6-23,33-34H,24-26H2,1-5H3/t33-,34-,37-,38?/m1/s1. The average Bonchev–Trinajstić information content (AvgIpc) is 3.57. The van der Waals surface area contributed by atoms with Gasteiger partial charge >= 0.3 is 5.97 Å². The van der Waals surface area contributed by atoms with E-state index in [1.54, 1.807) is 14.2 Å². The van der Waals surface area contributed by atoms with E-state index >= 15 is 0 Å². The Labute approximate surface area is 261 Å². The molecule has 2 aliphatic rings. The van der Waals surface area contributed by atoms with E-state index in [2.05, 4.69) is 86.3 Å². The second-order valence-electron chi connectivity index (χ2n) is 12.8. The van der Waals surface area contributed by atoms with Crippen LogP contribution < -0.4 is 19.8 Å². The first-order valence-corrected chi connectivity index (χ1v) is 17.1. The lowest BCUT2D eigenvalue weighted by Gasteiger charge is -2.43. The molecule has 228 valence electrons. The summed E-state index contributed by atoms with van der Waals surface area (Å²) in [6.07, 6.45) is 0.188. The van der Waals surface area contributed by atoms with Crippen molar-refractivity contribution in [3.8, 4) is 11.5 Å². The molecule has 0 bridgehead atoms. The second-order valence-corrected chi connectivity index (χ2v) is 17.1. The van der Waals surface area contributed by atoms with Crippen LogP contribution in [0, 0.1) is 0 Å². The lowest BCUT2D eigenvalue weighted by molar-refractivity contribution is -0.151. The summed E-state index contributed by atoms with van der Waals surface area (Å²) in [4.78, 5) is 16.2. The summed E-state index contributed by atoms with van der Waals surface area (Å²) < 4.78 is 24.5. The van der Waals surface area contributed by atoms with Gasteiger partial charge in [-0.25, -0.2) is 4.79 Å². The molecule has 1 unspecified atom stereocenters. The van der Waals surface area contributed by atoms with Gasteiger partial charge in [0.2, 0.25) is 0 Å². The van der Waals surface area contributed by atoms with Crippen molar-refractivity contribution in [1.82, 2.24) is 4.90 Å². The number of cyclic esters (lactones) is 1. The van der Waals surface area contributed by atoms with Gasteiger partial charge in [-0.2, -0.15) is 0 Å². The molecule has 0 spiro atoms. The zero-order valence-corrected chi connectivity index (χ0v) is 27.2. The molecule has 6 nitrogen and oxygen atoms in total. The number of benzene rings is 4. The van der Waals surface area contributed by atoms with Gasteiger partial charge in [0.25, 0.3) is 8.32 Å². The molecule has 0 aliphatic carbocycles. The van der Waals surface area contributed by atoms with Crippen LogP contribution in [0.3, 0.4) is 0 Å². The lowest BCUT2D eigenvalue weighted by Crippen LogP contribution is -2.67. The molecular formula is C37H41NO5Si. The van der Waals surface area contributed by atoms with E-state index in [-0.39, 0.29) is 17.0 Å². The van der Waals surface area contributed by atoms with Crippen LogP contribution in [0.15, 0.2) is 109 Å². The molecule has 0 aromatic heterocycles. The molecule has 4 aromatic carbocycles. The van der Waals surface area contributed by atoms with Gasteiger partial charge in [-0.05, 0) is 38.7 Å². The van der Waals surface area contributed by atoms with E-state index in [0.717, 1.165) is 11.1 Å². The first-order chi connectivity index (χ1) is 21.2. The Bertz CT molecular complexity index is 1550. The Morgan fingerprint density at radius 1 is 0.773 bits per heavy atom. The normalized spacial score (nSPS) is 22.7. The average molecular weight is 608 g/mol. The van der Waals surface area contributed by atoms with Crippen LogP contribution in [-0.4, -0.2) is 57.7 Å². The maximum absolute atomic E-state index is 13.9.